The van der Waals surface area contributed by atoms with Gasteiger partial charge in [-0.05, 0) is 31.4 Å². The molecule has 14 heavy (non-hydrogen) atoms. The number of halogens is 1. The number of aromatic hydroxyl groups is 2. The molecule has 1 fully saturated rings. The molecule has 1 saturated carbocycles. The van der Waals surface area contributed by atoms with Crippen LogP contribution in [0.5, 0.6) is 11.5 Å². The predicted octanol–water partition coefficient (Wildman–Crippen LogP) is 1.49. The van der Waals surface area contributed by atoms with Crippen LogP contribution in [0.15, 0.2) is 6.07 Å². The van der Waals surface area contributed by atoms with Crippen molar-refractivity contribution in [2.75, 3.05) is 0 Å². The van der Waals surface area contributed by atoms with Crippen molar-refractivity contribution in [1.82, 2.24) is 0 Å². The summed E-state index contributed by atoms with van der Waals surface area (Å²) in [6.45, 7) is 1.60. The number of hydrogen-bond donors (Lipinski definition) is 3. The molecule has 1 aromatic carbocycles. The Balaban J connectivity index is 2.62. The zero-order valence-corrected chi connectivity index (χ0v) is 7.84. The molecule has 2 rings (SSSR count). The minimum atomic E-state index is -0.798. The van der Waals surface area contributed by atoms with Crippen molar-refractivity contribution >= 4 is 0 Å². The molecule has 0 aromatic heterocycles. The number of phenolic OH excluding ortho intramolecular Hbond substituents is 2. The van der Waals surface area contributed by atoms with E-state index in [-0.39, 0.29) is 0 Å². The molecule has 1 aliphatic rings. The van der Waals surface area contributed by atoms with Crippen molar-refractivity contribution in [3.05, 3.63) is 23.0 Å². The maximum absolute atomic E-state index is 13.5. The minimum Gasteiger partial charge on any atom is -0.504 e. The van der Waals surface area contributed by atoms with Gasteiger partial charge in [-0.1, -0.05) is 0 Å². The van der Waals surface area contributed by atoms with Crippen LogP contribution in [-0.2, 0) is 5.54 Å². The van der Waals surface area contributed by atoms with Crippen LogP contribution in [0, 0.1) is 12.7 Å². The van der Waals surface area contributed by atoms with Crippen molar-refractivity contribution in [1.29, 1.82) is 0 Å². The average Bonchev–Trinajstić information content (AvgIpc) is 2.87. The third kappa shape index (κ3) is 1.14. The topological polar surface area (TPSA) is 66.5 Å². The number of rotatable bonds is 1. The van der Waals surface area contributed by atoms with E-state index in [1.165, 1.54) is 6.07 Å². The highest BCUT2D eigenvalue weighted by Crippen LogP contribution is 2.47. The van der Waals surface area contributed by atoms with Gasteiger partial charge in [0.15, 0.2) is 17.3 Å². The first-order chi connectivity index (χ1) is 6.46. The van der Waals surface area contributed by atoms with Gasteiger partial charge in [0.25, 0.3) is 0 Å². The second-order valence-corrected chi connectivity index (χ2v) is 3.91. The van der Waals surface area contributed by atoms with E-state index in [1.807, 2.05) is 0 Å². The molecule has 4 N–H and O–H groups in total. The minimum absolute atomic E-state index is 0.297. The van der Waals surface area contributed by atoms with Gasteiger partial charge in [-0.3, -0.25) is 0 Å². The van der Waals surface area contributed by atoms with Crippen LogP contribution < -0.4 is 5.73 Å². The number of nitrogens with two attached hydrogens (primary N) is 1. The highest BCUT2D eigenvalue weighted by Gasteiger charge is 2.43. The fourth-order valence-electron chi connectivity index (χ4n) is 1.53. The van der Waals surface area contributed by atoms with E-state index in [0.717, 1.165) is 0 Å². The molecule has 0 spiro atoms. The molecule has 0 saturated heterocycles. The maximum Gasteiger partial charge on any atom is 0.194 e. The molecule has 76 valence electrons. The lowest BCUT2D eigenvalue weighted by Crippen LogP contribution is -2.20. The van der Waals surface area contributed by atoms with Crippen LogP contribution in [0.4, 0.5) is 4.39 Å². The largest absolute Gasteiger partial charge is 0.504 e. The van der Waals surface area contributed by atoms with Crippen LogP contribution in [0.3, 0.4) is 0 Å². The Hall–Kier alpha value is -1.29. The normalized spacial score (nSPS) is 18.2. The summed E-state index contributed by atoms with van der Waals surface area (Å²) in [6.07, 6.45) is 1.43. The molecule has 1 aromatic rings. The van der Waals surface area contributed by atoms with Crippen molar-refractivity contribution in [3.63, 3.8) is 0 Å². The summed E-state index contributed by atoms with van der Waals surface area (Å²) < 4.78 is 13.5. The summed E-state index contributed by atoms with van der Waals surface area (Å²) in [6, 6.07) is 1.50. The molecular formula is C10H12FNO2. The van der Waals surface area contributed by atoms with E-state index in [1.54, 1.807) is 6.92 Å². The second-order valence-electron chi connectivity index (χ2n) is 3.91. The Labute approximate surface area is 81.0 Å². The monoisotopic (exact) mass is 197 g/mol. The van der Waals surface area contributed by atoms with Crippen molar-refractivity contribution in [3.8, 4) is 11.5 Å². The third-order valence-corrected chi connectivity index (χ3v) is 2.73. The first-order valence-corrected chi connectivity index (χ1v) is 4.46. The van der Waals surface area contributed by atoms with Gasteiger partial charge in [0.1, 0.15) is 0 Å². The first kappa shape index (κ1) is 9.27. The third-order valence-electron chi connectivity index (χ3n) is 2.73. The molecule has 0 atom stereocenters. The fourth-order valence-corrected chi connectivity index (χ4v) is 1.53. The van der Waals surface area contributed by atoms with E-state index < -0.39 is 22.9 Å². The summed E-state index contributed by atoms with van der Waals surface area (Å²) in [5.74, 6) is -1.90. The van der Waals surface area contributed by atoms with E-state index in [0.29, 0.717) is 24.0 Å². The van der Waals surface area contributed by atoms with Crippen LogP contribution in [-0.4, -0.2) is 10.2 Å². The van der Waals surface area contributed by atoms with Crippen molar-refractivity contribution in [2.24, 2.45) is 5.73 Å². The SMILES string of the molecule is Cc1cc(C2(N)CC2)c(F)c(O)c1O. The van der Waals surface area contributed by atoms with Gasteiger partial charge in [-0.2, -0.15) is 0 Å². The van der Waals surface area contributed by atoms with Gasteiger partial charge in [0.05, 0.1) is 0 Å². The van der Waals surface area contributed by atoms with Crippen LogP contribution >= 0.6 is 0 Å². The molecule has 0 aliphatic heterocycles. The Morgan fingerprint density at radius 3 is 2.43 bits per heavy atom. The number of phenols is 2. The molecule has 0 unspecified atom stereocenters. The summed E-state index contributed by atoms with van der Waals surface area (Å²) in [5, 5.41) is 18.5. The van der Waals surface area contributed by atoms with E-state index in [2.05, 4.69) is 0 Å². The maximum atomic E-state index is 13.5. The number of benzene rings is 1. The quantitative estimate of drug-likeness (QED) is 0.597. The molecule has 1 aliphatic carbocycles. The lowest BCUT2D eigenvalue weighted by molar-refractivity contribution is 0.372. The smallest absolute Gasteiger partial charge is 0.194 e. The number of aryl methyl sites for hydroxylation is 1. The summed E-state index contributed by atoms with van der Waals surface area (Å²) in [5.41, 5.74) is 5.92. The van der Waals surface area contributed by atoms with Crippen molar-refractivity contribution in [2.45, 2.75) is 25.3 Å². The Kier molecular flexibility index (Phi) is 1.72. The standard InChI is InChI=1S/C10H12FNO2/c1-5-4-6(10(12)2-3-10)7(11)9(14)8(5)13/h4,13-14H,2-3,12H2,1H3. The van der Waals surface area contributed by atoms with Crippen LogP contribution in [0.25, 0.3) is 0 Å². The number of hydrogen-bond acceptors (Lipinski definition) is 3. The lowest BCUT2D eigenvalue weighted by atomic mass is 10.0. The van der Waals surface area contributed by atoms with Gasteiger partial charge in [0, 0.05) is 11.1 Å². The van der Waals surface area contributed by atoms with E-state index in [4.69, 9.17) is 5.73 Å². The lowest BCUT2D eigenvalue weighted by Gasteiger charge is -2.13. The summed E-state index contributed by atoms with van der Waals surface area (Å²) in [4.78, 5) is 0. The van der Waals surface area contributed by atoms with Gasteiger partial charge in [-0.15, -0.1) is 0 Å². The molecule has 4 heteroatoms. The van der Waals surface area contributed by atoms with Gasteiger partial charge in [0.2, 0.25) is 0 Å². The molecule has 3 nitrogen and oxygen atoms in total. The average molecular weight is 197 g/mol. The summed E-state index contributed by atoms with van der Waals surface area (Å²) in [7, 11) is 0. The molecule has 0 heterocycles. The van der Waals surface area contributed by atoms with Gasteiger partial charge >= 0.3 is 0 Å². The second kappa shape index (κ2) is 2.60. The zero-order valence-electron chi connectivity index (χ0n) is 7.84. The molecule has 0 bridgehead atoms. The van der Waals surface area contributed by atoms with Crippen LogP contribution in [0.1, 0.15) is 24.0 Å². The first-order valence-electron chi connectivity index (χ1n) is 4.46. The Morgan fingerprint density at radius 2 is 1.93 bits per heavy atom. The van der Waals surface area contributed by atoms with Crippen LogP contribution in [0.2, 0.25) is 0 Å². The predicted molar refractivity (Wildman–Crippen MR) is 49.6 cm³/mol. The molecule has 0 amide bonds. The fraction of sp³-hybridized carbons (Fsp3) is 0.400. The van der Waals surface area contributed by atoms with Gasteiger partial charge in [-0.25, -0.2) is 4.39 Å². The molecule has 0 radical (unpaired) electrons. The summed E-state index contributed by atoms with van der Waals surface area (Å²) >= 11 is 0. The van der Waals surface area contributed by atoms with E-state index >= 15 is 0 Å². The van der Waals surface area contributed by atoms with Crippen molar-refractivity contribution < 1.29 is 14.6 Å². The van der Waals surface area contributed by atoms with E-state index in [9.17, 15) is 14.6 Å². The zero-order chi connectivity index (χ0) is 10.5. The molecular weight excluding hydrogens is 185 g/mol. The Morgan fingerprint density at radius 1 is 1.36 bits per heavy atom. The Bertz CT molecular complexity index is 400. The highest BCUT2D eigenvalue weighted by atomic mass is 19.1. The van der Waals surface area contributed by atoms with Gasteiger partial charge < -0.3 is 15.9 Å². The highest BCUT2D eigenvalue weighted by molar-refractivity contribution is 5.51.